The summed E-state index contributed by atoms with van der Waals surface area (Å²) in [5.41, 5.74) is 5.62. The summed E-state index contributed by atoms with van der Waals surface area (Å²) in [6.07, 6.45) is -1.56. The molecule has 194 valence electrons. The standard InChI is InChI=1S/C24H18F4N8O2/c1-34-6-5-19(33-34)36(17-10-38-22-11(17)3-4-18(32-22)24(26,27)28)23(37)12-7-13-16(8-15(12)25)31-21(29)14-9-30-35(2)20(13)14/h3-9,17H,10H2,1-2H3,(H2,29,31). The molecule has 5 aromatic rings. The van der Waals surface area contributed by atoms with Gasteiger partial charge in [0.25, 0.3) is 5.91 Å². The van der Waals surface area contributed by atoms with Crippen molar-refractivity contribution in [2.75, 3.05) is 17.2 Å². The van der Waals surface area contributed by atoms with Crippen LogP contribution in [0.25, 0.3) is 21.8 Å². The molecule has 1 amide bonds. The predicted molar refractivity (Wildman–Crippen MR) is 128 cm³/mol. The molecule has 38 heavy (non-hydrogen) atoms. The van der Waals surface area contributed by atoms with Gasteiger partial charge in [-0.2, -0.15) is 23.4 Å². The summed E-state index contributed by atoms with van der Waals surface area (Å²) in [7, 11) is 3.31. The lowest BCUT2D eigenvalue weighted by atomic mass is 10.0. The zero-order valence-corrected chi connectivity index (χ0v) is 19.9. The smallest absolute Gasteiger partial charge is 0.433 e. The molecule has 0 bridgehead atoms. The fourth-order valence-corrected chi connectivity index (χ4v) is 4.65. The van der Waals surface area contributed by atoms with Gasteiger partial charge in [0, 0.05) is 43.4 Å². The predicted octanol–water partition coefficient (Wildman–Crippen LogP) is 3.77. The molecule has 0 saturated carbocycles. The number of anilines is 2. The number of benzene rings is 1. The van der Waals surface area contributed by atoms with Crippen LogP contribution in [-0.4, -0.2) is 42.0 Å². The molecule has 0 fully saturated rings. The molecule has 0 saturated heterocycles. The SMILES string of the molecule is Cn1ccc(N(C(=O)c2cc3c(cc2F)nc(N)c2cnn(C)c23)C2COc3nc(C(F)(F)F)ccc32)n1. The van der Waals surface area contributed by atoms with E-state index in [4.69, 9.17) is 10.5 Å². The number of hydrogen-bond acceptors (Lipinski definition) is 7. The van der Waals surface area contributed by atoms with Gasteiger partial charge in [0.05, 0.1) is 28.2 Å². The lowest BCUT2D eigenvalue weighted by Gasteiger charge is -2.26. The van der Waals surface area contributed by atoms with Gasteiger partial charge in [-0.1, -0.05) is 0 Å². The minimum Gasteiger partial charge on any atom is -0.475 e. The quantitative estimate of drug-likeness (QED) is 0.356. The molecule has 1 aromatic carbocycles. The normalized spacial score (nSPS) is 15.2. The van der Waals surface area contributed by atoms with Crippen LogP contribution in [0, 0.1) is 5.82 Å². The van der Waals surface area contributed by atoms with Crippen LogP contribution in [0.4, 0.5) is 29.2 Å². The van der Waals surface area contributed by atoms with Gasteiger partial charge in [0.2, 0.25) is 5.88 Å². The van der Waals surface area contributed by atoms with Gasteiger partial charge in [-0.25, -0.2) is 14.4 Å². The lowest BCUT2D eigenvalue weighted by molar-refractivity contribution is -0.141. The van der Waals surface area contributed by atoms with E-state index in [1.165, 1.54) is 34.0 Å². The molecule has 4 aromatic heterocycles. The van der Waals surface area contributed by atoms with Crippen molar-refractivity contribution in [3.05, 3.63) is 65.4 Å². The highest BCUT2D eigenvalue weighted by molar-refractivity contribution is 6.13. The van der Waals surface area contributed by atoms with Gasteiger partial charge in [-0.05, 0) is 18.2 Å². The van der Waals surface area contributed by atoms with E-state index in [9.17, 15) is 18.0 Å². The molecule has 1 aliphatic rings. The van der Waals surface area contributed by atoms with Gasteiger partial charge < -0.3 is 10.5 Å². The second-order valence-corrected chi connectivity index (χ2v) is 8.81. The van der Waals surface area contributed by atoms with Crippen molar-refractivity contribution in [3.8, 4) is 5.88 Å². The summed E-state index contributed by atoms with van der Waals surface area (Å²) in [5.74, 6) is -1.58. The molecule has 2 N–H and O–H groups in total. The second kappa shape index (κ2) is 8.13. The molecule has 14 heteroatoms. The van der Waals surface area contributed by atoms with E-state index in [0.29, 0.717) is 16.3 Å². The average Bonchev–Trinajstić information content (AvgIpc) is 3.58. The number of aryl methyl sites for hydroxylation is 2. The van der Waals surface area contributed by atoms with Crippen LogP contribution in [0.5, 0.6) is 5.88 Å². The monoisotopic (exact) mass is 526 g/mol. The number of fused-ring (bicyclic) bond motifs is 4. The number of pyridine rings is 2. The van der Waals surface area contributed by atoms with Crippen molar-refractivity contribution in [1.29, 1.82) is 0 Å². The molecule has 1 atom stereocenters. The number of carbonyl (C=O) groups is 1. The highest BCUT2D eigenvalue weighted by Crippen LogP contribution is 2.40. The Balaban J connectivity index is 1.50. The van der Waals surface area contributed by atoms with Gasteiger partial charge >= 0.3 is 6.18 Å². The summed E-state index contributed by atoms with van der Waals surface area (Å²) >= 11 is 0. The maximum atomic E-state index is 15.4. The third kappa shape index (κ3) is 3.59. The number of nitrogens with zero attached hydrogens (tertiary/aromatic N) is 7. The van der Waals surface area contributed by atoms with Crippen molar-refractivity contribution in [2.45, 2.75) is 12.2 Å². The molecule has 10 nitrogen and oxygen atoms in total. The number of nitrogen functional groups attached to an aromatic ring is 1. The molecule has 1 aliphatic heterocycles. The molecular weight excluding hydrogens is 508 g/mol. The number of carbonyl (C=O) groups excluding carboxylic acids is 1. The van der Waals surface area contributed by atoms with Crippen LogP contribution in [0.2, 0.25) is 0 Å². The number of nitrogens with two attached hydrogens (primary N) is 1. The van der Waals surface area contributed by atoms with E-state index >= 15 is 4.39 Å². The van der Waals surface area contributed by atoms with Crippen LogP contribution < -0.4 is 15.4 Å². The van der Waals surface area contributed by atoms with E-state index < -0.39 is 29.6 Å². The maximum Gasteiger partial charge on any atom is 0.433 e. The first kappa shape index (κ1) is 23.6. The Morgan fingerprint density at radius 2 is 1.95 bits per heavy atom. The van der Waals surface area contributed by atoms with Crippen LogP contribution >= 0.6 is 0 Å². The van der Waals surface area contributed by atoms with Crippen LogP contribution in [0.15, 0.2) is 42.7 Å². The first-order valence-corrected chi connectivity index (χ1v) is 11.3. The van der Waals surface area contributed by atoms with Crippen molar-refractivity contribution in [2.24, 2.45) is 14.1 Å². The van der Waals surface area contributed by atoms with Gasteiger partial charge in [0.1, 0.15) is 30.0 Å². The maximum absolute atomic E-state index is 15.4. The fraction of sp³-hybridized carbons (Fsp3) is 0.208. The Morgan fingerprint density at radius 1 is 1.16 bits per heavy atom. The minimum atomic E-state index is -4.67. The zero-order chi connectivity index (χ0) is 26.9. The van der Waals surface area contributed by atoms with Gasteiger partial charge in [0.15, 0.2) is 5.82 Å². The summed E-state index contributed by atoms with van der Waals surface area (Å²) < 4.78 is 63.4. The molecule has 1 unspecified atom stereocenters. The number of ether oxygens (including phenoxy) is 1. The minimum absolute atomic E-state index is 0.152. The first-order valence-electron chi connectivity index (χ1n) is 11.3. The van der Waals surface area contributed by atoms with E-state index in [2.05, 4.69) is 20.2 Å². The largest absolute Gasteiger partial charge is 0.475 e. The Labute approximate surface area is 211 Å². The van der Waals surface area contributed by atoms with Crippen molar-refractivity contribution in [3.63, 3.8) is 0 Å². The number of halogens is 4. The van der Waals surface area contributed by atoms with Crippen molar-refractivity contribution < 1.29 is 27.1 Å². The third-order valence-electron chi connectivity index (χ3n) is 6.42. The molecular formula is C24H18F4N8O2. The number of aromatic nitrogens is 6. The summed E-state index contributed by atoms with van der Waals surface area (Å²) in [6, 6.07) is 5.11. The number of hydrogen-bond donors (Lipinski definition) is 1. The van der Waals surface area contributed by atoms with E-state index in [1.807, 2.05) is 0 Å². The van der Waals surface area contributed by atoms with Crippen molar-refractivity contribution >= 4 is 39.3 Å². The number of amides is 1. The number of alkyl halides is 3. The van der Waals surface area contributed by atoms with E-state index in [0.717, 1.165) is 12.1 Å². The molecule has 0 aliphatic carbocycles. The summed E-state index contributed by atoms with van der Waals surface area (Å²) in [4.78, 5) is 23.0. The highest BCUT2D eigenvalue weighted by atomic mass is 19.4. The van der Waals surface area contributed by atoms with Crippen LogP contribution in [0.1, 0.15) is 27.7 Å². The average molecular weight is 526 g/mol. The van der Waals surface area contributed by atoms with Crippen molar-refractivity contribution in [1.82, 2.24) is 29.5 Å². The lowest BCUT2D eigenvalue weighted by Crippen LogP contribution is -2.37. The molecule has 5 heterocycles. The van der Waals surface area contributed by atoms with E-state index in [1.54, 1.807) is 25.0 Å². The Bertz CT molecular complexity index is 1760. The van der Waals surface area contributed by atoms with Crippen LogP contribution in [0.3, 0.4) is 0 Å². The second-order valence-electron chi connectivity index (χ2n) is 8.81. The Hall–Kier alpha value is -4.75. The first-order chi connectivity index (χ1) is 18.0. The van der Waals surface area contributed by atoms with Crippen LogP contribution in [-0.2, 0) is 20.3 Å². The fourth-order valence-electron chi connectivity index (χ4n) is 4.65. The molecule has 0 spiro atoms. The zero-order valence-electron chi connectivity index (χ0n) is 19.9. The summed E-state index contributed by atoms with van der Waals surface area (Å²) in [6.45, 7) is -0.203. The Kier molecular flexibility index (Phi) is 5.06. The topological polar surface area (TPSA) is 117 Å². The van der Waals surface area contributed by atoms with Gasteiger partial charge in [-0.3, -0.25) is 19.1 Å². The third-order valence-corrected chi connectivity index (χ3v) is 6.42. The highest BCUT2D eigenvalue weighted by Gasteiger charge is 2.40. The Morgan fingerprint density at radius 3 is 2.66 bits per heavy atom. The molecule has 0 radical (unpaired) electrons. The number of rotatable bonds is 3. The molecule has 6 rings (SSSR count). The van der Waals surface area contributed by atoms with Gasteiger partial charge in [-0.15, -0.1) is 0 Å². The van der Waals surface area contributed by atoms with E-state index in [-0.39, 0.29) is 40.8 Å². The summed E-state index contributed by atoms with van der Waals surface area (Å²) in [5, 5.41) is 9.47.